The van der Waals surface area contributed by atoms with Gasteiger partial charge in [-0.3, -0.25) is 14.6 Å². The van der Waals surface area contributed by atoms with Gasteiger partial charge in [-0.05, 0) is 41.1 Å². The lowest BCUT2D eigenvalue weighted by Gasteiger charge is -2.29. The highest BCUT2D eigenvalue weighted by molar-refractivity contribution is 7.90. The number of rotatable bonds is 6. The zero-order valence-corrected chi connectivity index (χ0v) is 21.7. The standard InChI is InChI=1S/C25H25N3O4S2.ClH/c1-34(30,31)21-8-9-22-23(17-21)33-25(26-22)28(11-10-27-12-14-32-15-13-27)24(29)20-7-6-18-4-2-3-5-19(18)16-20;/h2-9,16-17H,10-15H2,1H3;1H. The largest absolute Gasteiger partial charge is 0.379 e. The number of nitrogens with zero attached hydrogens (tertiary/aromatic N) is 3. The number of fused-ring (bicyclic) bond motifs is 2. The summed E-state index contributed by atoms with van der Waals surface area (Å²) < 4.78 is 30.2. The molecule has 1 saturated heterocycles. The van der Waals surface area contributed by atoms with Crippen LogP contribution in [0.1, 0.15) is 10.4 Å². The highest BCUT2D eigenvalue weighted by Gasteiger charge is 2.23. The number of anilines is 1. The molecule has 0 atom stereocenters. The molecule has 0 aliphatic carbocycles. The molecule has 35 heavy (non-hydrogen) atoms. The van der Waals surface area contributed by atoms with Gasteiger partial charge in [-0.25, -0.2) is 13.4 Å². The van der Waals surface area contributed by atoms with Crippen LogP contribution in [0.4, 0.5) is 5.13 Å². The number of amides is 1. The third-order valence-electron chi connectivity index (χ3n) is 5.99. The summed E-state index contributed by atoms with van der Waals surface area (Å²) in [5, 5.41) is 2.64. The van der Waals surface area contributed by atoms with Crippen LogP contribution in [-0.2, 0) is 14.6 Å². The van der Waals surface area contributed by atoms with Crippen molar-refractivity contribution in [3.8, 4) is 0 Å². The Morgan fingerprint density at radius 2 is 1.80 bits per heavy atom. The van der Waals surface area contributed by atoms with Crippen LogP contribution in [0.15, 0.2) is 65.6 Å². The van der Waals surface area contributed by atoms with Crippen molar-refractivity contribution >= 4 is 65.6 Å². The Labute approximate surface area is 214 Å². The Morgan fingerprint density at radius 1 is 1.06 bits per heavy atom. The van der Waals surface area contributed by atoms with Crippen LogP contribution < -0.4 is 4.90 Å². The Bertz CT molecular complexity index is 1470. The van der Waals surface area contributed by atoms with Gasteiger partial charge in [0.2, 0.25) is 0 Å². The monoisotopic (exact) mass is 531 g/mol. The van der Waals surface area contributed by atoms with Crippen molar-refractivity contribution in [2.24, 2.45) is 0 Å². The number of benzene rings is 3. The third kappa shape index (κ3) is 5.65. The second-order valence-corrected chi connectivity index (χ2v) is 11.4. The highest BCUT2D eigenvalue weighted by atomic mass is 35.5. The first-order valence-corrected chi connectivity index (χ1v) is 13.8. The fourth-order valence-corrected chi connectivity index (χ4v) is 5.82. The van der Waals surface area contributed by atoms with Gasteiger partial charge in [0.25, 0.3) is 5.91 Å². The van der Waals surface area contributed by atoms with E-state index in [1.165, 1.54) is 17.6 Å². The van der Waals surface area contributed by atoms with Gasteiger partial charge < -0.3 is 4.74 Å². The average molecular weight is 532 g/mol. The third-order valence-corrected chi connectivity index (χ3v) is 8.14. The molecule has 1 aromatic heterocycles. The van der Waals surface area contributed by atoms with E-state index in [9.17, 15) is 13.2 Å². The molecular formula is C25H26ClN3O4S2. The molecule has 7 nitrogen and oxygen atoms in total. The minimum Gasteiger partial charge on any atom is -0.379 e. The van der Waals surface area contributed by atoms with Gasteiger partial charge in [0.1, 0.15) is 0 Å². The van der Waals surface area contributed by atoms with E-state index < -0.39 is 9.84 Å². The fraction of sp³-hybridized carbons (Fsp3) is 0.280. The van der Waals surface area contributed by atoms with Gasteiger partial charge in [-0.15, -0.1) is 12.4 Å². The zero-order valence-electron chi connectivity index (χ0n) is 19.2. The van der Waals surface area contributed by atoms with Crippen LogP contribution in [0.25, 0.3) is 21.0 Å². The average Bonchev–Trinajstić information content (AvgIpc) is 3.27. The number of carbonyl (C=O) groups excluding carboxylic acids is 1. The van der Waals surface area contributed by atoms with Crippen molar-refractivity contribution in [1.82, 2.24) is 9.88 Å². The van der Waals surface area contributed by atoms with Crippen LogP contribution in [-0.4, -0.2) is 69.9 Å². The number of carbonyl (C=O) groups is 1. The van der Waals surface area contributed by atoms with Crippen LogP contribution in [0.5, 0.6) is 0 Å². The summed E-state index contributed by atoms with van der Waals surface area (Å²) >= 11 is 1.34. The van der Waals surface area contributed by atoms with Crippen LogP contribution in [0.2, 0.25) is 0 Å². The Hall–Kier alpha value is -2.56. The van der Waals surface area contributed by atoms with E-state index in [1.807, 2.05) is 42.5 Å². The SMILES string of the molecule is CS(=O)(=O)c1ccc2nc(N(CCN3CCOCC3)C(=O)c3ccc4ccccc4c3)sc2c1.Cl. The molecular weight excluding hydrogens is 506 g/mol. The summed E-state index contributed by atoms with van der Waals surface area (Å²) in [5.74, 6) is -0.124. The van der Waals surface area contributed by atoms with E-state index in [4.69, 9.17) is 9.72 Å². The van der Waals surface area contributed by atoms with Crippen molar-refractivity contribution in [2.45, 2.75) is 4.90 Å². The van der Waals surface area contributed by atoms with Crippen LogP contribution in [0, 0.1) is 0 Å². The molecule has 0 radical (unpaired) electrons. The van der Waals surface area contributed by atoms with Crippen molar-refractivity contribution in [3.05, 3.63) is 66.2 Å². The second-order valence-electron chi connectivity index (χ2n) is 8.37. The molecule has 1 amide bonds. The molecule has 0 spiro atoms. The van der Waals surface area contributed by atoms with E-state index in [0.717, 1.165) is 28.6 Å². The molecule has 1 aliphatic rings. The summed E-state index contributed by atoms with van der Waals surface area (Å²) in [7, 11) is -3.33. The zero-order chi connectivity index (χ0) is 23.7. The summed E-state index contributed by atoms with van der Waals surface area (Å²) in [6.07, 6.45) is 1.19. The summed E-state index contributed by atoms with van der Waals surface area (Å²) in [6.45, 7) is 4.21. The van der Waals surface area contributed by atoms with Gasteiger partial charge >= 0.3 is 0 Å². The number of thiazole rings is 1. The van der Waals surface area contributed by atoms with E-state index in [2.05, 4.69) is 4.90 Å². The van der Waals surface area contributed by atoms with Crippen molar-refractivity contribution in [1.29, 1.82) is 0 Å². The maximum atomic E-state index is 13.7. The molecule has 0 saturated carbocycles. The Morgan fingerprint density at radius 3 is 2.54 bits per heavy atom. The molecule has 184 valence electrons. The maximum absolute atomic E-state index is 13.7. The van der Waals surface area contributed by atoms with Crippen molar-refractivity contribution < 1.29 is 17.9 Å². The minimum absolute atomic E-state index is 0. The van der Waals surface area contributed by atoms with Crippen LogP contribution in [0.3, 0.4) is 0 Å². The molecule has 1 aliphatic heterocycles. The number of hydrogen-bond donors (Lipinski definition) is 0. The number of sulfone groups is 1. The van der Waals surface area contributed by atoms with E-state index in [-0.39, 0.29) is 23.2 Å². The van der Waals surface area contributed by atoms with Gasteiger partial charge in [-0.2, -0.15) is 0 Å². The molecule has 0 unspecified atom stereocenters. The number of ether oxygens (including phenoxy) is 1. The molecule has 4 aromatic rings. The Balaban J connectivity index is 0.00000289. The van der Waals surface area contributed by atoms with Gasteiger partial charge in [0, 0.05) is 38.0 Å². The molecule has 0 bridgehead atoms. The lowest BCUT2D eigenvalue weighted by molar-refractivity contribution is 0.0391. The molecule has 1 fully saturated rings. The van der Waals surface area contributed by atoms with Crippen molar-refractivity contribution in [2.75, 3.05) is 50.5 Å². The van der Waals surface area contributed by atoms with E-state index in [1.54, 1.807) is 23.1 Å². The first-order chi connectivity index (χ1) is 16.4. The lowest BCUT2D eigenvalue weighted by Crippen LogP contribution is -2.43. The molecule has 2 heterocycles. The summed E-state index contributed by atoms with van der Waals surface area (Å²) in [5.41, 5.74) is 1.27. The smallest absolute Gasteiger partial charge is 0.260 e. The number of aromatic nitrogens is 1. The Kier molecular flexibility index (Phi) is 7.73. The number of hydrogen-bond acceptors (Lipinski definition) is 7. The predicted octanol–water partition coefficient (Wildman–Crippen LogP) is 4.25. The minimum atomic E-state index is -3.33. The summed E-state index contributed by atoms with van der Waals surface area (Å²) in [6, 6.07) is 18.6. The quantitative estimate of drug-likeness (QED) is 0.370. The highest BCUT2D eigenvalue weighted by Crippen LogP contribution is 2.32. The molecule has 10 heteroatoms. The molecule has 5 rings (SSSR count). The van der Waals surface area contributed by atoms with Crippen LogP contribution >= 0.6 is 23.7 Å². The van der Waals surface area contributed by atoms with E-state index >= 15 is 0 Å². The molecule has 0 N–H and O–H groups in total. The van der Waals surface area contributed by atoms with Gasteiger partial charge in [-0.1, -0.05) is 41.7 Å². The first-order valence-electron chi connectivity index (χ1n) is 11.1. The fourth-order valence-electron chi connectivity index (χ4n) is 4.07. The van der Waals surface area contributed by atoms with E-state index in [0.29, 0.717) is 42.5 Å². The maximum Gasteiger partial charge on any atom is 0.260 e. The van der Waals surface area contributed by atoms with Gasteiger partial charge in [0.15, 0.2) is 15.0 Å². The topological polar surface area (TPSA) is 79.8 Å². The second kappa shape index (κ2) is 10.6. The van der Waals surface area contributed by atoms with Crippen molar-refractivity contribution in [3.63, 3.8) is 0 Å². The predicted molar refractivity (Wildman–Crippen MR) is 143 cm³/mol. The number of morpholine rings is 1. The summed E-state index contributed by atoms with van der Waals surface area (Å²) in [4.78, 5) is 22.6. The van der Waals surface area contributed by atoms with Gasteiger partial charge in [0.05, 0.1) is 28.3 Å². The first kappa shape index (κ1) is 25.5. The molecule has 3 aromatic carbocycles. The lowest BCUT2D eigenvalue weighted by atomic mass is 10.1. The number of halogens is 1. The normalized spacial score (nSPS) is 14.7.